The first-order valence-corrected chi connectivity index (χ1v) is 7.10. The third kappa shape index (κ3) is 3.38. The minimum absolute atomic E-state index is 0.0464. The summed E-state index contributed by atoms with van der Waals surface area (Å²) in [5, 5.41) is 6.34. The molecule has 1 unspecified atom stereocenters. The Hall–Kier alpha value is -0.220. The summed E-state index contributed by atoms with van der Waals surface area (Å²) < 4.78 is 0. The van der Waals surface area contributed by atoms with Gasteiger partial charge in [0, 0.05) is 24.6 Å². The van der Waals surface area contributed by atoms with Gasteiger partial charge in [0.15, 0.2) is 0 Å². The van der Waals surface area contributed by atoms with Crippen LogP contribution in [-0.4, -0.2) is 36.5 Å². The van der Waals surface area contributed by atoms with E-state index in [9.17, 15) is 4.79 Å². The summed E-state index contributed by atoms with van der Waals surface area (Å²) in [6.07, 6.45) is 5.29. The Bertz CT molecular complexity index is 211. The molecule has 0 aromatic rings. The monoisotopic (exact) mass is 228 g/mol. The van der Waals surface area contributed by atoms with Crippen LogP contribution in [0, 0.1) is 5.92 Å². The zero-order valence-electron chi connectivity index (χ0n) is 9.13. The maximum absolute atomic E-state index is 11.8. The van der Waals surface area contributed by atoms with Crippen LogP contribution in [0.3, 0.4) is 0 Å². The highest BCUT2D eigenvalue weighted by atomic mass is 32.2. The Morgan fingerprint density at radius 1 is 1.40 bits per heavy atom. The lowest BCUT2D eigenvalue weighted by Crippen LogP contribution is -2.49. The maximum atomic E-state index is 11.8. The molecule has 1 atom stereocenters. The number of nitrogens with one attached hydrogen (secondary N) is 2. The van der Waals surface area contributed by atoms with Crippen molar-refractivity contribution < 1.29 is 4.79 Å². The molecular formula is C11H20N2OS. The number of thioether (sulfide) groups is 1. The third-order valence-corrected chi connectivity index (χ3v) is 4.34. The molecule has 1 heterocycles. The normalized spacial score (nSPS) is 27.9. The van der Waals surface area contributed by atoms with Gasteiger partial charge in [-0.15, -0.1) is 0 Å². The minimum Gasteiger partial charge on any atom is -0.354 e. The molecule has 1 aliphatic heterocycles. The molecule has 2 aliphatic rings. The van der Waals surface area contributed by atoms with Crippen LogP contribution in [0.15, 0.2) is 0 Å². The summed E-state index contributed by atoms with van der Waals surface area (Å²) in [7, 11) is 0. The highest BCUT2D eigenvalue weighted by molar-refractivity contribution is 7.99. The summed E-state index contributed by atoms with van der Waals surface area (Å²) >= 11 is 1.87. The predicted octanol–water partition coefficient (Wildman–Crippen LogP) is 0.998. The average Bonchev–Trinajstić information content (AvgIpc) is 2.80. The van der Waals surface area contributed by atoms with Crippen molar-refractivity contribution in [3.63, 3.8) is 0 Å². The van der Waals surface area contributed by atoms with Crippen LogP contribution in [-0.2, 0) is 4.79 Å². The number of hydrogen-bond acceptors (Lipinski definition) is 3. The van der Waals surface area contributed by atoms with E-state index in [1.54, 1.807) is 0 Å². The minimum atomic E-state index is 0.0464. The third-order valence-electron chi connectivity index (χ3n) is 3.28. The van der Waals surface area contributed by atoms with Crippen molar-refractivity contribution in [3.8, 4) is 0 Å². The first-order valence-electron chi connectivity index (χ1n) is 5.95. The molecule has 2 fully saturated rings. The second-order valence-corrected chi connectivity index (χ2v) is 5.63. The Labute approximate surface area is 95.8 Å². The van der Waals surface area contributed by atoms with Gasteiger partial charge in [0.1, 0.15) is 0 Å². The van der Waals surface area contributed by atoms with Gasteiger partial charge in [0.2, 0.25) is 5.91 Å². The molecule has 1 aliphatic carbocycles. The number of amides is 1. The van der Waals surface area contributed by atoms with Crippen molar-refractivity contribution in [2.75, 3.05) is 24.6 Å². The predicted molar refractivity (Wildman–Crippen MR) is 64.1 cm³/mol. The van der Waals surface area contributed by atoms with Crippen LogP contribution in [0.25, 0.3) is 0 Å². The van der Waals surface area contributed by atoms with Gasteiger partial charge in [0.25, 0.3) is 0 Å². The molecule has 2 rings (SSSR count). The molecule has 0 bridgehead atoms. The Morgan fingerprint density at radius 2 is 2.20 bits per heavy atom. The Balaban J connectivity index is 1.66. The lowest BCUT2D eigenvalue weighted by Gasteiger charge is -2.23. The van der Waals surface area contributed by atoms with Crippen molar-refractivity contribution in [1.82, 2.24) is 10.6 Å². The van der Waals surface area contributed by atoms with E-state index in [0.717, 1.165) is 30.5 Å². The topological polar surface area (TPSA) is 41.1 Å². The molecule has 2 N–H and O–H groups in total. The van der Waals surface area contributed by atoms with Gasteiger partial charge in [0.05, 0.1) is 6.04 Å². The van der Waals surface area contributed by atoms with Gasteiger partial charge >= 0.3 is 0 Å². The molecule has 0 aromatic heterocycles. The smallest absolute Gasteiger partial charge is 0.238 e. The molecule has 1 saturated heterocycles. The summed E-state index contributed by atoms with van der Waals surface area (Å²) in [6, 6.07) is 0.0464. The average molecular weight is 228 g/mol. The van der Waals surface area contributed by atoms with Gasteiger partial charge < -0.3 is 10.6 Å². The fourth-order valence-electron chi connectivity index (χ4n) is 2.32. The molecule has 15 heavy (non-hydrogen) atoms. The molecule has 0 spiro atoms. The largest absolute Gasteiger partial charge is 0.354 e. The molecule has 1 amide bonds. The van der Waals surface area contributed by atoms with E-state index in [4.69, 9.17) is 0 Å². The molecule has 86 valence electrons. The number of hydrogen-bond donors (Lipinski definition) is 2. The van der Waals surface area contributed by atoms with Gasteiger partial charge in [-0.2, -0.15) is 11.8 Å². The van der Waals surface area contributed by atoms with Crippen LogP contribution in [0.1, 0.15) is 25.7 Å². The fraction of sp³-hybridized carbons (Fsp3) is 0.909. The van der Waals surface area contributed by atoms with Crippen LogP contribution in [0.4, 0.5) is 0 Å². The van der Waals surface area contributed by atoms with Gasteiger partial charge in [-0.1, -0.05) is 12.8 Å². The van der Waals surface area contributed by atoms with Gasteiger partial charge in [-0.3, -0.25) is 4.79 Å². The van der Waals surface area contributed by atoms with Crippen LogP contribution in [0.5, 0.6) is 0 Å². The fourth-order valence-corrected chi connectivity index (χ4v) is 3.25. The molecule has 0 radical (unpaired) electrons. The highest BCUT2D eigenvalue weighted by Crippen LogP contribution is 2.23. The zero-order valence-corrected chi connectivity index (χ0v) is 9.94. The van der Waals surface area contributed by atoms with Gasteiger partial charge in [-0.25, -0.2) is 0 Å². The summed E-state index contributed by atoms with van der Waals surface area (Å²) in [6.45, 7) is 1.86. The van der Waals surface area contributed by atoms with Crippen molar-refractivity contribution in [1.29, 1.82) is 0 Å². The number of carbonyl (C=O) groups excluding carboxylic acids is 1. The molecule has 0 aromatic carbocycles. The van der Waals surface area contributed by atoms with Crippen molar-refractivity contribution in [3.05, 3.63) is 0 Å². The van der Waals surface area contributed by atoms with Crippen molar-refractivity contribution in [2.24, 2.45) is 5.92 Å². The highest BCUT2D eigenvalue weighted by Gasteiger charge is 2.22. The standard InChI is InChI=1S/C11H20N2OS/c14-11(10-8-15-6-5-12-10)13-7-9-3-1-2-4-9/h9-10,12H,1-8H2,(H,13,14). The molecule has 3 nitrogen and oxygen atoms in total. The summed E-state index contributed by atoms with van der Waals surface area (Å²) in [5.41, 5.74) is 0. The van der Waals surface area contributed by atoms with E-state index >= 15 is 0 Å². The summed E-state index contributed by atoms with van der Waals surface area (Å²) in [5.74, 6) is 3.00. The quantitative estimate of drug-likeness (QED) is 0.757. The lowest BCUT2D eigenvalue weighted by molar-refractivity contribution is -0.122. The SMILES string of the molecule is O=C(NCC1CCCC1)C1CSCCN1. The van der Waals surface area contributed by atoms with Gasteiger partial charge in [-0.05, 0) is 18.8 Å². The first-order chi connectivity index (χ1) is 7.36. The Morgan fingerprint density at radius 3 is 2.87 bits per heavy atom. The van der Waals surface area contributed by atoms with E-state index in [1.165, 1.54) is 25.7 Å². The second kappa shape index (κ2) is 5.75. The van der Waals surface area contributed by atoms with E-state index in [2.05, 4.69) is 10.6 Å². The van der Waals surface area contributed by atoms with E-state index < -0.39 is 0 Å². The van der Waals surface area contributed by atoms with Crippen LogP contribution in [0.2, 0.25) is 0 Å². The molecule has 1 saturated carbocycles. The molecule has 4 heteroatoms. The van der Waals surface area contributed by atoms with Crippen LogP contribution < -0.4 is 10.6 Å². The van der Waals surface area contributed by atoms with Crippen LogP contribution >= 0.6 is 11.8 Å². The number of carbonyl (C=O) groups is 1. The van der Waals surface area contributed by atoms with Crippen molar-refractivity contribution >= 4 is 17.7 Å². The van der Waals surface area contributed by atoms with Crippen molar-refractivity contribution in [2.45, 2.75) is 31.7 Å². The van der Waals surface area contributed by atoms with E-state index in [1.807, 2.05) is 11.8 Å². The first kappa shape index (κ1) is 11.3. The lowest BCUT2D eigenvalue weighted by atomic mass is 10.1. The molecular weight excluding hydrogens is 208 g/mol. The van der Waals surface area contributed by atoms with E-state index in [-0.39, 0.29) is 11.9 Å². The summed E-state index contributed by atoms with van der Waals surface area (Å²) in [4.78, 5) is 11.8. The number of rotatable bonds is 3. The van der Waals surface area contributed by atoms with E-state index in [0.29, 0.717) is 0 Å². The Kier molecular flexibility index (Phi) is 4.32. The second-order valence-electron chi connectivity index (χ2n) is 4.48. The maximum Gasteiger partial charge on any atom is 0.238 e. The zero-order chi connectivity index (χ0) is 10.5.